The number of H-pyrrole nitrogens is 1. The summed E-state index contributed by atoms with van der Waals surface area (Å²) in [5.74, 6) is -2.90. The van der Waals surface area contributed by atoms with Gasteiger partial charge >= 0.3 is 12.1 Å². The highest BCUT2D eigenvalue weighted by molar-refractivity contribution is 5.92. The molecule has 0 aliphatic rings. The first-order valence-electron chi connectivity index (χ1n) is 5.22. The lowest BCUT2D eigenvalue weighted by molar-refractivity contribution is -0.149. The number of alkyl halides is 3. The van der Waals surface area contributed by atoms with Gasteiger partial charge in [0.05, 0.1) is 0 Å². The van der Waals surface area contributed by atoms with E-state index in [-0.39, 0.29) is 4.90 Å². The number of hydrogen-bond donors (Lipinski definition) is 2. The largest absolute Gasteiger partial charge is 0.480 e. The molecule has 7 nitrogen and oxygen atoms in total. The Labute approximate surface area is 105 Å². The highest BCUT2D eigenvalue weighted by atomic mass is 19.4. The van der Waals surface area contributed by atoms with E-state index in [0.29, 0.717) is 12.2 Å². The maximum Gasteiger partial charge on any atom is 0.406 e. The van der Waals surface area contributed by atoms with Gasteiger partial charge in [-0.05, 0) is 0 Å². The van der Waals surface area contributed by atoms with E-state index in [0.717, 1.165) is 0 Å². The molecule has 2 N–H and O–H groups in total. The van der Waals surface area contributed by atoms with Gasteiger partial charge in [-0.3, -0.25) is 14.7 Å². The molecule has 0 fully saturated rings. The van der Waals surface area contributed by atoms with Crippen LogP contribution in [0.2, 0.25) is 0 Å². The van der Waals surface area contributed by atoms with E-state index < -0.39 is 37.0 Å². The molecule has 0 unspecified atom stereocenters. The lowest BCUT2D eigenvalue weighted by Crippen LogP contribution is -2.42. The highest BCUT2D eigenvalue weighted by Crippen LogP contribution is 2.17. The van der Waals surface area contributed by atoms with Crippen LogP contribution < -0.4 is 0 Å². The smallest absolute Gasteiger partial charge is 0.406 e. The standard InChI is InChI=1S/C9H11F3N4O3/c1-2-5-13-7(15-14-5)8(19)16(3-6(17)18)4-9(10,11)12/h2-4H2,1H3,(H,17,18)(H,13,14,15). The number of hydrogen-bond acceptors (Lipinski definition) is 4. The van der Waals surface area contributed by atoms with E-state index in [1.165, 1.54) is 0 Å². The maximum atomic E-state index is 12.3. The molecule has 1 rings (SSSR count). The molecule has 0 spiro atoms. The molecule has 0 saturated carbocycles. The first-order chi connectivity index (χ1) is 8.73. The fourth-order valence-corrected chi connectivity index (χ4v) is 1.27. The van der Waals surface area contributed by atoms with E-state index >= 15 is 0 Å². The number of halogens is 3. The van der Waals surface area contributed by atoms with Gasteiger partial charge in [0.15, 0.2) is 0 Å². The third-order valence-corrected chi connectivity index (χ3v) is 2.04. The van der Waals surface area contributed by atoms with Gasteiger partial charge in [-0.1, -0.05) is 6.92 Å². The van der Waals surface area contributed by atoms with E-state index in [1.807, 2.05) is 0 Å². The Bertz CT molecular complexity index is 472. The number of nitrogens with one attached hydrogen (secondary N) is 1. The molecular formula is C9H11F3N4O3. The Morgan fingerprint density at radius 3 is 2.47 bits per heavy atom. The molecule has 1 aromatic rings. The summed E-state index contributed by atoms with van der Waals surface area (Å²) in [4.78, 5) is 26.0. The summed E-state index contributed by atoms with van der Waals surface area (Å²) in [5, 5.41) is 14.3. The van der Waals surface area contributed by atoms with Crippen molar-refractivity contribution < 1.29 is 27.9 Å². The number of aryl methyl sites for hydroxylation is 1. The fraction of sp³-hybridized carbons (Fsp3) is 0.556. The summed E-state index contributed by atoms with van der Waals surface area (Å²) in [6, 6.07) is 0. The lowest BCUT2D eigenvalue weighted by Gasteiger charge is -2.20. The number of carboxylic acids is 1. The highest BCUT2D eigenvalue weighted by Gasteiger charge is 2.35. The number of carboxylic acid groups (broad SMARTS) is 1. The minimum atomic E-state index is -4.70. The van der Waals surface area contributed by atoms with Crippen LogP contribution in [0, 0.1) is 0 Å². The van der Waals surface area contributed by atoms with Crippen LogP contribution in [0.1, 0.15) is 23.4 Å². The molecule has 10 heteroatoms. The van der Waals surface area contributed by atoms with Crippen molar-refractivity contribution >= 4 is 11.9 Å². The molecule has 0 aliphatic carbocycles. The van der Waals surface area contributed by atoms with Gasteiger partial charge in [0, 0.05) is 6.42 Å². The Kier molecular flexibility index (Phi) is 4.46. The van der Waals surface area contributed by atoms with Crippen LogP contribution in [-0.4, -0.2) is 56.3 Å². The molecule has 0 aliphatic heterocycles. The van der Waals surface area contributed by atoms with E-state index in [2.05, 4.69) is 15.2 Å². The Hall–Kier alpha value is -2.13. The fourth-order valence-electron chi connectivity index (χ4n) is 1.27. The zero-order valence-corrected chi connectivity index (χ0v) is 9.86. The van der Waals surface area contributed by atoms with Gasteiger partial charge in [0.1, 0.15) is 18.9 Å². The topological polar surface area (TPSA) is 99.2 Å². The zero-order chi connectivity index (χ0) is 14.6. The summed E-state index contributed by atoms with van der Waals surface area (Å²) in [5.41, 5.74) is 0. The van der Waals surface area contributed by atoms with Gasteiger partial charge < -0.3 is 10.0 Å². The molecule has 0 radical (unpaired) electrons. The van der Waals surface area contributed by atoms with Crippen LogP contribution >= 0.6 is 0 Å². The molecule has 0 aromatic carbocycles. The summed E-state index contributed by atoms with van der Waals surface area (Å²) in [6.45, 7) is -1.04. The summed E-state index contributed by atoms with van der Waals surface area (Å²) >= 11 is 0. The molecule has 1 amide bonds. The lowest BCUT2D eigenvalue weighted by atomic mass is 10.4. The third-order valence-electron chi connectivity index (χ3n) is 2.04. The summed E-state index contributed by atoms with van der Waals surface area (Å²) in [7, 11) is 0. The van der Waals surface area contributed by atoms with Gasteiger partial charge in [-0.2, -0.15) is 13.2 Å². The van der Waals surface area contributed by atoms with Crippen LogP contribution in [0.4, 0.5) is 13.2 Å². The minimum absolute atomic E-state index is 0.130. The molecule has 0 atom stereocenters. The van der Waals surface area contributed by atoms with Gasteiger partial charge in [-0.25, -0.2) is 4.98 Å². The molecule has 0 saturated heterocycles. The van der Waals surface area contributed by atoms with Crippen LogP contribution in [0.5, 0.6) is 0 Å². The normalized spacial score (nSPS) is 11.4. The Morgan fingerprint density at radius 1 is 1.42 bits per heavy atom. The van der Waals surface area contributed by atoms with E-state index in [1.54, 1.807) is 6.92 Å². The van der Waals surface area contributed by atoms with Crippen molar-refractivity contribution in [1.82, 2.24) is 20.1 Å². The van der Waals surface area contributed by atoms with Crippen molar-refractivity contribution in [3.8, 4) is 0 Å². The molecular weight excluding hydrogens is 269 g/mol. The number of aromatic nitrogens is 3. The third kappa shape index (κ3) is 4.56. The predicted molar refractivity (Wildman–Crippen MR) is 55.4 cm³/mol. The number of nitrogens with zero attached hydrogens (tertiary/aromatic N) is 3. The number of amides is 1. The number of aromatic amines is 1. The van der Waals surface area contributed by atoms with E-state index in [4.69, 9.17) is 5.11 Å². The maximum absolute atomic E-state index is 12.3. The molecule has 19 heavy (non-hydrogen) atoms. The van der Waals surface area contributed by atoms with Gasteiger partial charge in [0.25, 0.3) is 5.91 Å². The van der Waals surface area contributed by atoms with Crippen LogP contribution in [0.15, 0.2) is 0 Å². The van der Waals surface area contributed by atoms with Crippen molar-refractivity contribution in [2.45, 2.75) is 19.5 Å². The van der Waals surface area contributed by atoms with Gasteiger partial charge in [0.2, 0.25) is 5.82 Å². The summed E-state index contributed by atoms with van der Waals surface area (Å²) in [6.07, 6.45) is -4.28. The minimum Gasteiger partial charge on any atom is -0.480 e. The molecule has 1 aromatic heterocycles. The Morgan fingerprint density at radius 2 is 2.05 bits per heavy atom. The molecule has 1 heterocycles. The monoisotopic (exact) mass is 280 g/mol. The van der Waals surface area contributed by atoms with Crippen molar-refractivity contribution in [2.24, 2.45) is 0 Å². The second kappa shape index (κ2) is 5.67. The second-order valence-corrected chi connectivity index (χ2v) is 3.63. The summed E-state index contributed by atoms with van der Waals surface area (Å²) < 4.78 is 36.8. The van der Waals surface area contributed by atoms with Crippen molar-refractivity contribution in [1.29, 1.82) is 0 Å². The van der Waals surface area contributed by atoms with Crippen LogP contribution in [0.3, 0.4) is 0 Å². The van der Waals surface area contributed by atoms with Crippen LogP contribution in [-0.2, 0) is 11.2 Å². The SMILES string of the molecule is CCc1nc(C(=O)N(CC(=O)O)CC(F)(F)F)n[nH]1. The van der Waals surface area contributed by atoms with Crippen LogP contribution in [0.25, 0.3) is 0 Å². The number of rotatable bonds is 5. The average molecular weight is 280 g/mol. The zero-order valence-electron chi connectivity index (χ0n) is 9.86. The van der Waals surface area contributed by atoms with E-state index in [9.17, 15) is 22.8 Å². The molecule has 106 valence electrons. The first kappa shape index (κ1) is 14.9. The second-order valence-electron chi connectivity index (χ2n) is 3.63. The first-order valence-corrected chi connectivity index (χ1v) is 5.22. The molecule has 0 bridgehead atoms. The average Bonchev–Trinajstić information content (AvgIpc) is 2.73. The number of aliphatic carboxylic acids is 1. The predicted octanol–water partition coefficient (Wildman–Crippen LogP) is 0.456. The number of carbonyl (C=O) groups is 2. The quantitative estimate of drug-likeness (QED) is 0.816. The van der Waals surface area contributed by atoms with Crippen molar-refractivity contribution in [3.05, 3.63) is 11.6 Å². The van der Waals surface area contributed by atoms with Crippen molar-refractivity contribution in [3.63, 3.8) is 0 Å². The number of carbonyl (C=O) groups excluding carboxylic acids is 1. The van der Waals surface area contributed by atoms with Gasteiger partial charge in [-0.15, -0.1) is 5.10 Å². The Balaban J connectivity index is 2.90. The van der Waals surface area contributed by atoms with Crippen molar-refractivity contribution in [2.75, 3.05) is 13.1 Å².